The van der Waals surface area contributed by atoms with Crippen LogP contribution >= 0.6 is 11.3 Å². The average molecular weight is 336 g/mol. The summed E-state index contributed by atoms with van der Waals surface area (Å²) in [4.78, 5) is 2.78. The van der Waals surface area contributed by atoms with Gasteiger partial charge in [0.25, 0.3) is 0 Å². The number of thiophene rings is 1. The molecule has 3 nitrogen and oxygen atoms in total. The number of likely N-dealkylation sites (tertiary alicyclic amines) is 1. The summed E-state index contributed by atoms with van der Waals surface area (Å²) in [7, 11) is 0. The minimum absolute atomic E-state index is 0.0864. The molecule has 1 fully saturated rings. The van der Waals surface area contributed by atoms with E-state index in [-0.39, 0.29) is 12.6 Å². The molecule has 1 aromatic rings. The topological polar surface area (TPSA) is 35.5 Å². The van der Waals surface area contributed by atoms with Crippen LogP contribution in [-0.2, 0) is 5.60 Å². The van der Waals surface area contributed by atoms with Crippen LogP contribution in [0.3, 0.4) is 0 Å². The summed E-state index contributed by atoms with van der Waals surface area (Å²) in [5.74, 6) is 0. The fourth-order valence-corrected chi connectivity index (χ4v) is 3.45. The normalized spacial score (nSPS) is 21.0. The third-order valence-electron chi connectivity index (χ3n) is 4.09. The highest BCUT2D eigenvalue weighted by atomic mass is 32.1. The van der Waals surface area contributed by atoms with Crippen LogP contribution in [0.15, 0.2) is 17.5 Å². The van der Waals surface area contributed by atoms with Gasteiger partial charge in [-0.05, 0) is 44.3 Å². The van der Waals surface area contributed by atoms with E-state index in [9.17, 15) is 18.3 Å². The van der Waals surface area contributed by atoms with Crippen molar-refractivity contribution in [2.24, 2.45) is 0 Å². The monoisotopic (exact) mass is 336 g/mol. The van der Waals surface area contributed by atoms with Crippen molar-refractivity contribution < 1.29 is 18.3 Å². The Kier molecular flexibility index (Phi) is 5.87. The van der Waals surface area contributed by atoms with E-state index in [4.69, 9.17) is 0 Å². The van der Waals surface area contributed by atoms with Gasteiger partial charge >= 0.3 is 6.18 Å². The van der Waals surface area contributed by atoms with Gasteiger partial charge in [0.2, 0.25) is 0 Å². The summed E-state index contributed by atoms with van der Waals surface area (Å²) in [6.07, 6.45) is -3.18. The van der Waals surface area contributed by atoms with Crippen LogP contribution < -0.4 is 5.32 Å². The molecule has 1 unspecified atom stereocenters. The number of halogens is 3. The van der Waals surface area contributed by atoms with Crippen molar-refractivity contribution in [2.75, 3.05) is 26.2 Å². The summed E-state index contributed by atoms with van der Waals surface area (Å²) in [6, 6.07) is 4.08. The number of hydrogen-bond donors (Lipinski definition) is 2. The van der Waals surface area contributed by atoms with E-state index < -0.39 is 18.2 Å². The number of alkyl halides is 3. The predicted molar refractivity (Wildman–Crippen MR) is 82.0 cm³/mol. The molecular weight excluding hydrogens is 313 g/mol. The molecule has 7 heteroatoms. The van der Waals surface area contributed by atoms with Crippen LogP contribution in [-0.4, -0.2) is 48.4 Å². The molecule has 0 spiro atoms. The second kappa shape index (κ2) is 7.29. The number of nitrogens with one attached hydrogen (secondary N) is 1. The molecule has 1 saturated heterocycles. The van der Waals surface area contributed by atoms with Gasteiger partial charge in [-0.15, -0.1) is 11.3 Å². The molecular formula is C15H23F3N2OS. The van der Waals surface area contributed by atoms with Gasteiger partial charge in [0, 0.05) is 24.0 Å². The SMILES string of the molecule is CC(O)(CNC1CCN(CCC(F)(F)F)CC1)c1cccs1. The first kappa shape index (κ1) is 17.7. The lowest BCUT2D eigenvalue weighted by Gasteiger charge is -2.34. The lowest BCUT2D eigenvalue weighted by Crippen LogP contribution is -2.47. The maximum Gasteiger partial charge on any atom is 0.390 e. The molecule has 1 atom stereocenters. The molecule has 2 heterocycles. The zero-order valence-electron chi connectivity index (χ0n) is 12.7. The van der Waals surface area contributed by atoms with Crippen molar-refractivity contribution in [3.05, 3.63) is 22.4 Å². The second-order valence-corrected chi connectivity index (χ2v) is 7.06. The first-order valence-corrected chi connectivity index (χ1v) is 8.43. The van der Waals surface area contributed by atoms with Gasteiger partial charge in [0.1, 0.15) is 5.60 Å². The van der Waals surface area contributed by atoms with Crippen LogP contribution in [0.25, 0.3) is 0 Å². The highest BCUT2D eigenvalue weighted by molar-refractivity contribution is 7.10. The summed E-state index contributed by atoms with van der Waals surface area (Å²) < 4.78 is 36.6. The van der Waals surface area contributed by atoms with Crippen LogP contribution in [0, 0.1) is 0 Å². The van der Waals surface area contributed by atoms with Gasteiger partial charge in [-0.2, -0.15) is 13.2 Å². The Hall–Kier alpha value is -0.630. The Morgan fingerprint density at radius 3 is 2.59 bits per heavy atom. The van der Waals surface area contributed by atoms with Crippen LogP contribution in [0.4, 0.5) is 13.2 Å². The summed E-state index contributed by atoms with van der Waals surface area (Å²) in [6.45, 7) is 3.68. The lowest BCUT2D eigenvalue weighted by atomic mass is 10.0. The third-order valence-corrected chi connectivity index (χ3v) is 5.21. The fraction of sp³-hybridized carbons (Fsp3) is 0.733. The molecule has 2 rings (SSSR count). The van der Waals surface area contributed by atoms with Gasteiger partial charge in [-0.1, -0.05) is 6.07 Å². The van der Waals surface area contributed by atoms with E-state index >= 15 is 0 Å². The maximum absolute atomic E-state index is 12.2. The number of piperidine rings is 1. The molecule has 22 heavy (non-hydrogen) atoms. The van der Waals surface area contributed by atoms with Crippen LogP contribution in [0.5, 0.6) is 0 Å². The number of hydrogen-bond acceptors (Lipinski definition) is 4. The van der Waals surface area contributed by atoms with E-state index in [0.717, 1.165) is 17.7 Å². The minimum atomic E-state index is -4.07. The van der Waals surface area contributed by atoms with Crippen molar-refractivity contribution in [1.82, 2.24) is 10.2 Å². The van der Waals surface area contributed by atoms with Crippen molar-refractivity contribution in [3.8, 4) is 0 Å². The minimum Gasteiger partial charge on any atom is -0.383 e. The largest absolute Gasteiger partial charge is 0.390 e. The Morgan fingerprint density at radius 1 is 1.36 bits per heavy atom. The number of aliphatic hydroxyl groups is 1. The smallest absolute Gasteiger partial charge is 0.383 e. The van der Waals surface area contributed by atoms with Crippen molar-refractivity contribution in [3.63, 3.8) is 0 Å². The Bertz CT molecular complexity index is 440. The first-order valence-electron chi connectivity index (χ1n) is 7.55. The predicted octanol–water partition coefficient (Wildman–Crippen LogP) is 2.96. The molecule has 2 N–H and O–H groups in total. The zero-order valence-corrected chi connectivity index (χ0v) is 13.5. The Morgan fingerprint density at radius 2 is 2.05 bits per heavy atom. The van der Waals surface area contributed by atoms with Crippen LogP contribution in [0.2, 0.25) is 0 Å². The van der Waals surface area contributed by atoms with Crippen molar-refractivity contribution >= 4 is 11.3 Å². The Labute approximate surface area is 133 Å². The fourth-order valence-electron chi connectivity index (χ4n) is 2.66. The van der Waals surface area contributed by atoms with E-state index in [0.29, 0.717) is 19.6 Å². The van der Waals surface area contributed by atoms with E-state index in [2.05, 4.69) is 5.32 Å². The van der Waals surface area contributed by atoms with Crippen molar-refractivity contribution in [2.45, 2.75) is 44.0 Å². The summed E-state index contributed by atoms with van der Waals surface area (Å²) >= 11 is 1.52. The molecule has 1 aliphatic rings. The van der Waals surface area contributed by atoms with E-state index in [1.807, 2.05) is 22.4 Å². The molecule has 126 valence electrons. The summed E-state index contributed by atoms with van der Waals surface area (Å²) in [5, 5.41) is 15.7. The van der Waals surface area contributed by atoms with Crippen LogP contribution in [0.1, 0.15) is 31.1 Å². The molecule has 1 aliphatic heterocycles. The van der Waals surface area contributed by atoms with E-state index in [1.165, 1.54) is 11.3 Å². The van der Waals surface area contributed by atoms with E-state index in [1.54, 1.807) is 6.92 Å². The maximum atomic E-state index is 12.2. The molecule has 0 aromatic carbocycles. The van der Waals surface area contributed by atoms with Crippen molar-refractivity contribution in [1.29, 1.82) is 0 Å². The standard InChI is InChI=1S/C15H23F3N2OS/c1-14(21,13-3-2-10-22-13)11-19-12-4-7-20(8-5-12)9-6-15(16,17)18/h2-3,10,12,19,21H,4-9,11H2,1H3. The molecule has 0 aliphatic carbocycles. The van der Waals surface area contributed by atoms with Gasteiger partial charge in [0.05, 0.1) is 6.42 Å². The molecule has 0 amide bonds. The second-order valence-electron chi connectivity index (χ2n) is 6.11. The highest BCUT2D eigenvalue weighted by Crippen LogP contribution is 2.25. The third kappa shape index (κ3) is 5.53. The molecule has 0 saturated carbocycles. The quantitative estimate of drug-likeness (QED) is 0.838. The molecule has 1 aromatic heterocycles. The zero-order chi connectivity index (χ0) is 16.2. The van der Waals surface area contributed by atoms with Gasteiger partial charge in [-0.3, -0.25) is 0 Å². The lowest BCUT2D eigenvalue weighted by molar-refractivity contribution is -0.138. The van der Waals surface area contributed by atoms with Gasteiger partial charge in [-0.25, -0.2) is 0 Å². The molecule has 0 bridgehead atoms. The number of nitrogens with zero attached hydrogens (tertiary/aromatic N) is 1. The Balaban J connectivity index is 1.69. The average Bonchev–Trinajstić information content (AvgIpc) is 2.98. The van der Waals surface area contributed by atoms with Gasteiger partial charge < -0.3 is 15.3 Å². The molecule has 0 radical (unpaired) electrons. The first-order chi connectivity index (χ1) is 10.3. The number of rotatable bonds is 6. The highest BCUT2D eigenvalue weighted by Gasteiger charge is 2.30. The van der Waals surface area contributed by atoms with Gasteiger partial charge in [0.15, 0.2) is 0 Å². The summed E-state index contributed by atoms with van der Waals surface area (Å²) in [5.41, 5.74) is -0.901.